The number of hydrogen-bond acceptors (Lipinski definition) is 4. The van der Waals surface area contributed by atoms with Crippen LogP contribution in [0, 0.1) is 25.2 Å². The van der Waals surface area contributed by atoms with Gasteiger partial charge in [-0.15, -0.1) is 0 Å². The molecule has 0 radical (unpaired) electrons. The fourth-order valence-electron chi connectivity index (χ4n) is 3.46. The fraction of sp³-hybridized carbons (Fsp3) is 0.632. The van der Waals surface area contributed by atoms with Crippen molar-refractivity contribution in [3.05, 3.63) is 32.7 Å². The molecule has 136 valence electrons. The van der Waals surface area contributed by atoms with Crippen LogP contribution < -0.4 is 10.9 Å². The summed E-state index contributed by atoms with van der Waals surface area (Å²) in [6, 6.07) is 1.94. The molecule has 1 aromatic heterocycles. The molecule has 2 rings (SSSR count). The number of carbonyl (C=O) groups is 1. The Hall–Kier alpha value is -2.13. The second-order valence-corrected chi connectivity index (χ2v) is 6.78. The second-order valence-electron chi connectivity index (χ2n) is 6.78. The largest absolute Gasteiger partial charge is 0.355 e. The van der Waals surface area contributed by atoms with Gasteiger partial charge in [0.05, 0.1) is 0 Å². The summed E-state index contributed by atoms with van der Waals surface area (Å²) < 4.78 is 0. The maximum Gasteiger partial charge on any atom is 0.266 e. The zero-order chi connectivity index (χ0) is 18.2. The summed E-state index contributed by atoms with van der Waals surface area (Å²) in [5, 5.41) is 12.1. The zero-order valence-electron chi connectivity index (χ0n) is 15.3. The Bertz CT molecular complexity index is 695. The van der Waals surface area contributed by atoms with Crippen molar-refractivity contribution in [2.75, 3.05) is 26.2 Å². The number of nitrogens with one attached hydrogen (secondary N) is 2. The molecule has 1 aromatic rings. The van der Waals surface area contributed by atoms with Crippen LogP contribution in [0.5, 0.6) is 0 Å². The normalized spacial score (nSPS) is 15.4. The molecule has 6 nitrogen and oxygen atoms in total. The van der Waals surface area contributed by atoms with Crippen molar-refractivity contribution in [3.63, 3.8) is 0 Å². The third-order valence-electron chi connectivity index (χ3n) is 4.97. The first-order valence-corrected chi connectivity index (χ1v) is 9.14. The van der Waals surface area contributed by atoms with Gasteiger partial charge in [0.25, 0.3) is 5.56 Å². The molecule has 0 aromatic carbocycles. The van der Waals surface area contributed by atoms with E-state index in [1.165, 1.54) is 25.7 Å². The molecule has 0 aliphatic carbocycles. The average Bonchev–Trinajstić information content (AvgIpc) is 2.83. The number of rotatable bonds is 6. The van der Waals surface area contributed by atoms with E-state index in [-0.39, 0.29) is 17.0 Å². The number of aryl methyl sites for hydroxylation is 1. The van der Waals surface area contributed by atoms with Gasteiger partial charge in [-0.3, -0.25) is 9.59 Å². The molecule has 2 N–H and O–H groups in total. The van der Waals surface area contributed by atoms with Gasteiger partial charge in [0.15, 0.2) is 0 Å². The molecular formula is C19H28N4O2. The molecule has 1 fully saturated rings. The van der Waals surface area contributed by atoms with Gasteiger partial charge >= 0.3 is 0 Å². The standard InChI is InChI=1S/C19H28N4O2/c1-14-16(15(2)22-19(25)17(14)13-20)7-8-18(24)21-9-12-23-10-5-3-4-6-11-23/h3-12H2,1-2H3,(H,21,24)(H,22,25). The summed E-state index contributed by atoms with van der Waals surface area (Å²) in [6.45, 7) is 7.41. The van der Waals surface area contributed by atoms with Crippen molar-refractivity contribution in [1.82, 2.24) is 15.2 Å². The van der Waals surface area contributed by atoms with E-state index in [0.717, 1.165) is 30.9 Å². The van der Waals surface area contributed by atoms with E-state index in [9.17, 15) is 9.59 Å². The summed E-state index contributed by atoms with van der Waals surface area (Å²) in [5.41, 5.74) is 2.09. The van der Waals surface area contributed by atoms with E-state index in [2.05, 4.69) is 15.2 Å². The van der Waals surface area contributed by atoms with E-state index in [1.54, 1.807) is 6.92 Å². The minimum Gasteiger partial charge on any atom is -0.355 e. The Morgan fingerprint density at radius 1 is 1.24 bits per heavy atom. The minimum absolute atomic E-state index is 0.0123. The van der Waals surface area contributed by atoms with Crippen LogP contribution in [0.25, 0.3) is 0 Å². The molecule has 0 bridgehead atoms. The number of nitrogens with zero attached hydrogens (tertiary/aromatic N) is 2. The summed E-state index contributed by atoms with van der Waals surface area (Å²) in [4.78, 5) is 29.0. The van der Waals surface area contributed by atoms with E-state index < -0.39 is 0 Å². The van der Waals surface area contributed by atoms with Crippen LogP contribution in [-0.4, -0.2) is 42.0 Å². The van der Waals surface area contributed by atoms with Crippen molar-refractivity contribution >= 4 is 5.91 Å². The Labute approximate surface area is 149 Å². The van der Waals surface area contributed by atoms with E-state index >= 15 is 0 Å². The number of carbonyl (C=O) groups excluding carboxylic acids is 1. The SMILES string of the molecule is Cc1[nH]c(=O)c(C#N)c(C)c1CCC(=O)NCCN1CCCCCC1. The number of nitriles is 1. The highest BCUT2D eigenvalue weighted by Gasteiger charge is 2.14. The Morgan fingerprint density at radius 3 is 2.56 bits per heavy atom. The number of pyridine rings is 1. The molecule has 0 saturated carbocycles. The molecule has 1 saturated heterocycles. The average molecular weight is 344 g/mol. The molecule has 6 heteroatoms. The summed E-state index contributed by atoms with van der Waals surface area (Å²) in [6.07, 6.45) is 6.01. The van der Waals surface area contributed by atoms with E-state index in [1.807, 2.05) is 13.0 Å². The van der Waals surface area contributed by atoms with Gasteiger partial charge in [-0.05, 0) is 57.3 Å². The van der Waals surface area contributed by atoms with Crippen molar-refractivity contribution in [1.29, 1.82) is 5.26 Å². The topological polar surface area (TPSA) is 89.0 Å². The maximum atomic E-state index is 12.1. The van der Waals surface area contributed by atoms with Crippen LogP contribution in [0.15, 0.2) is 4.79 Å². The van der Waals surface area contributed by atoms with Crippen molar-refractivity contribution in [2.24, 2.45) is 0 Å². The number of aromatic amines is 1. The van der Waals surface area contributed by atoms with Gasteiger partial charge in [0.1, 0.15) is 11.6 Å². The van der Waals surface area contributed by atoms with Crippen LogP contribution in [-0.2, 0) is 11.2 Å². The number of amides is 1. The predicted octanol–water partition coefficient (Wildman–Crippen LogP) is 1.79. The number of hydrogen-bond donors (Lipinski definition) is 2. The minimum atomic E-state index is -0.358. The molecule has 1 amide bonds. The zero-order valence-corrected chi connectivity index (χ0v) is 15.3. The molecule has 0 atom stereocenters. The highest BCUT2D eigenvalue weighted by atomic mass is 16.1. The number of likely N-dealkylation sites (tertiary alicyclic amines) is 1. The van der Waals surface area contributed by atoms with Crippen LogP contribution in [0.1, 0.15) is 54.5 Å². The number of H-pyrrole nitrogens is 1. The van der Waals surface area contributed by atoms with Gasteiger partial charge in [0.2, 0.25) is 5.91 Å². The van der Waals surface area contributed by atoms with Crippen molar-refractivity contribution in [3.8, 4) is 6.07 Å². The van der Waals surface area contributed by atoms with E-state index in [0.29, 0.717) is 24.9 Å². The van der Waals surface area contributed by atoms with Crippen LogP contribution >= 0.6 is 0 Å². The molecule has 25 heavy (non-hydrogen) atoms. The molecule has 1 aliphatic heterocycles. The third-order valence-corrected chi connectivity index (χ3v) is 4.97. The second kappa shape index (κ2) is 9.38. The Balaban J connectivity index is 1.82. The molecule has 2 heterocycles. The lowest BCUT2D eigenvalue weighted by Crippen LogP contribution is -2.35. The summed E-state index contributed by atoms with van der Waals surface area (Å²) in [5.74, 6) is 0.0123. The van der Waals surface area contributed by atoms with Crippen molar-refractivity contribution < 1.29 is 4.79 Å². The molecular weight excluding hydrogens is 316 g/mol. The Kier molecular flexibility index (Phi) is 7.20. The lowest BCUT2D eigenvalue weighted by molar-refractivity contribution is -0.121. The van der Waals surface area contributed by atoms with Crippen LogP contribution in [0.3, 0.4) is 0 Å². The number of aromatic nitrogens is 1. The predicted molar refractivity (Wildman–Crippen MR) is 97.5 cm³/mol. The first-order valence-electron chi connectivity index (χ1n) is 9.14. The third kappa shape index (κ3) is 5.43. The highest BCUT2D eigenvalue weighted by molar-refractivity contribution is 5.76. The molecule has 1 aliphatic rings. The first kappa shape index (κ1) is 19.2. The Morgan fingerprint density at radius 2 is 1.92 bits per heavy atom. The molecule has 0 spiro atoms. The summed E-state index contributed by atoms with van der Waals surface area (Å²) in [7, 11) is 0. The van der Waals surface area contributed by atoms with Gasteiger partial charge < -0.3 is 15.2 Å². The van der Waals surface area contributed by atoms with Gasteiger partial charge in [-0.1, -0.05) is 12.8 Å². The quantitative estimate of drug-likeness (QED) is 0.823. The van der Waals surface area contributed by atoms with Crippen LogP contribution in [0.4, 0.5) is 0 Å². The first-order chi connectivity index (χ1) is 12.0. The lowest BCUT2D eigenvalue weighted by Gasteiger charge is -2.19. The monoisotopic (exact) mass is 344 g/mol. The smallest absolute Gasteiger partial charge is 0.266 e. The maximum absolute atomic E-state index is 12.1. The lowest BCUT2D eigenvalue weighted by atomic mass is 9.99. The van der Waals surface area contributed by atoms with Gasteiger partial charge in [-0.25, -0.2) is 0 Å². The molecule has 0 unspecified atom stereocenters. The van der Waals surface area contributed by atoms with E-state index in [4.69, 9.17) is 5.26 Å². The van der Waals surface area contributed by atoms with Crippen molar-refractivity contribution in [2.45, 2.75) is 52.4 Å². The van der Waals surface area contributed by atoms with Gasteiger partial charge in [0, 0.05) is 25.2 Å². The van der Waals surface area contributed by atoms with Gasteiger partial charge in [-0.2, -0.15) is 5.26 Å². The highest BCUT2D eigenvalue weighted by Crippen LogP contribution is 2.15. The van der Waals surface area contributed by atoms with Crippen LogP contribution in [0.2, 0.25) is 0 Å². The summed E-state index contributed by atoms with van der Waals surface area (Å²) >= 11 is 0. The fourth-order valence-corrected chi connectivity index (χ4v) is 3.46.